The van der Waals surface area contributed by atoms with Crippen LogP contribution in [0.25, 0.3) is 0 Å². The Balaban J connectivity index is 5.27. The van der Waals surface area contributed by atoms with Crippen molar-refractivity contribution in [3.8, 4) is 0 Å². The Morgan fingerprint density at radius 3 is 0.789 bits per heavy atom. The zero-order valence-electron chi connectivity index (χ0n) is 58.8. The molecule has 0 saturated carbocycles. The van der Waals surface area contributed by atoms with Crippen LogP contribution >= 0.6 is 15.6 Å². The summed E-state index contributed by atoms with van der Waals surface area (Å²) >= 11 is 0. The van der Waals surface area contributed by atoms with Gasteiger partial charge in [0.15, 0.2) is 12.2 Å². The number of esters is 4. The summed E-state index contributed by atoms with van der Waals surface area (Å²) in [7, 11) is -9.91. The highest BCUT2D eigenvalue weighted by Gasteiger charge is 2.30. The lowest BCUT2D eigenvalue weighted by Crippen LogP contribution is -2.30. The summed E-state index contributed by atoms with van der Waals surface area (Å²) in [6, 6.07) is 0. The summed E-state index contributed by atoms with van der Waals surface area (Å²) in [5, 5.41) is 10.6. The molecule has 0 fully saturated rings. The van der Waals surface area contributed by atoms with Crippen molar-refractivity contribution in [3.63, 3.8) is 0 Å². The minimum Gasteiger partial charge on any atom is -0.462 e. The summed E-state index contributed by atoms with van der Waals surface area (Å²) in [5.74, 6) is 0.890. The first-order chi connectivity index (χ1) is 43.1. The SMILES string of the molecule is CCC(C)CCCCCCCCCCC(=O)O[C@H](COC(=O)CCCCCCCCCCCCCC(C)C)COP(=O)(O)OCC(O)COP(=O)(O)OC[C@@H](COC(=O)CCCCCCCCCCC(C)C)OC(=O)CCCCCCCCCCCCC(C)C. The number of ether oxygens (including phenoxy) is 4. The van der Waals surface area contributed by atoms with Crippen LogP contribution < -0.4 is 0 Å². The van der Waals surface area contributed by atoms with Crippen molar-refractivity contribution in [1.29, 1.82) is 0 Å². The van der Waals surface area contributed by atoms with Crippen LogP contribution in [0.5, 0.6) is 0 Å². The molecule has 4 unspecified atom stereocenters. The fraction of sp³-hybridized carbons (Fsp3) is 0.944. The van der Waals surface area contributed by atoms with E-state index >= 15 is 0 Å². The van der Waals surface area contributed by atoms with Gasteiger partial charge >= 0.3 is 39.5 Å². The van der Waals surface area contributed by atoms with Gasteiger partial charge < -0.3 is 33.8 Å². The van der Waals surface area contributed by atoms with E-state index in [4.69, 9.17) is 37.0 Å². The minimum atomic E-state index is -4.95. The van der Waals surface area contributed by atoms with Gasteiger partial charge in [-0.1, -0.05) is 299 Å². The third kappa shape index (κ3) is 63.5. The van der Waals surface area contributed by atoms with Gasteiger partial charge in [-0.05, 0) is 49.4 Å². The van der Waals surface area contributed by atoms with Gasteiger partial charge in [-0.15, -0.1) is 0 Å². The standard InChI is InChI=1S/C71H138O17P2/c1-9-64(8)50-42-34-26-20-22-30-38-46-54-71(76)88-67(57-81-68(73)51-43-35-27-17-12-10-11-15-23-31-39-47-61(2)3)60-86-90(79,80)84-56-65(72)55-83-89(77,78)85-59-66(58-82-69(74)52-44-36-28-21-19-25-33-41-49-63(6)7)87-70(75)53-45-37-29-18-14-13-16-24-32-40-48-62(4)5/h61-67,72H,9-60H2,1-8H3,(H,77,78)(H,79,80)/t64?,65?,66-,67-/m1/s1. The molecule has 0 aromatic carbocycles. The molecule has 0 amide bonds. The highest BCUT2D eigenvalue weighted by molar-refractivity contribution is 7.47. The van der Waals surface area contributed by atoms with Gasteiger partial charge in [0.05, 0.1) is 26.4 Å². The summed E-state index contributed by atoms with van der Waals surface area (Å²) in [6.45, 7) is 14.1. The average molecular weight is 1330 g/mol. The van der Waals surface area contributed by atoms with Crippen molar-refractivity contribution < 1.29 is 80.2 Å². The van der Waals surface area contributed by atoms with Crippen LogP contribution in [0, 0.1) is 23.7 Å². The Morgan fingerprint density at radius 1 is 0.311 bits per heavy atom. The fourth-order valence-corrected chi connectivity index (χ4v) is 12.2. The van der Waals surface area contributed by atoms with E-state index in [1.165, 1.54) is 154 Å². The molecule has 0 aliphatic carbocycles. The highest BCUT2D eigenvalue weighted by atomic mass is 31.2. The number of unbranched alkanes of at least 4 members (excludes halogenated alkanes) is 33. The van der Waals surface area contributed by atoms with Crippen LogP contribution in [0.2, 0.25) is 0 Å². The molecule has 0 aliphatic heterocycles. The number of aliphatic hydroxyl groups is 1. The van der Waals surface area contributed by atoms with E-state index in [-0.39, 0.29) is 25.7 Å². The average Bonchev–Trinajstić information content (AvgIpc) is 2.87. The second kappa shape index (κ2) is 60.7. The Labute approximate surface area is 549 Å². The van der Waals surface area contributed by atoms with Crippen molar-refractivity contribution in [1.82, 2.24) is 0 Å². The first-order valence-electron chi connectivity index (χ1n) is 36.7. The number of rotatable bonds is 68. The monoisotopic (exact) mass is 1320 g/mol. The molecule has 534 valence electrons. The lowest BCUT2D eigenvalue weighted by atomic mass is 9.99. The zero-order valence-corrected chi connectivity index (χ0v) is 60.6. The van der Waals surface area contributed by atoms with Crippen LogP contribution in [0.3, 0.4) is 0 Å². The first-order valence-corrected chi connectivity index (χ1v) is 39.7. The molecule has 0 heterocycles. The summed E-state index contributed by atoms with van der Waals surface area (Å²) in [6.07, 6.45) is 43.0. The molecule has 6 atom stereocenters. The Morgan fingerprint density at radius 2 is 0.533 bits per heavy atom. The number of hydrogen-bond donors (Lipinski definition) is 3. The molecule has 0 aromatic heterocycles. The summed E-state index contributed by atoms with van der Waals surface area (Å²) in [4.78, 5) is 72.6. The second-order valence-electron chi connectivity index (χ2n) is 27.3. The van der Waals surface area contributed by atoms with Gasteiger partial charge in [0.2, 0.25) is 0 Å². The van der Waals surface area contributed by atoms with E-state index in [9.17, 15) is 43.2 Å². The van der Waals surface area contributed by atoms with E-state index in [0.717, 1.165) is 114 Å². The van der Waals surface area contributed by atoms with E-state index in [2.05, 4.69) is 55.4 Å². The van der Waals surface area contributed by atoms with Gasteiger partial charge in [-0.25, -0.2) is 9.13 Å². The lowest BCUT2D eigenvalue weighted by molar-refractivity contribution is -0.161. The van der Waals surface area contributed by atoms with Gasteiger partial charge in [0.1, 0.15) is 19.3 Å². The molecule has 90 heavy (non-hydrogen) atoms. The van der Waals surface area contributed by atoms with Crippen molar-refractivity contribution in [2.75, 3.05) is 39.6 Å². The topological polar surface area (TPSA) is 237 Å². The van der Waals surface area contributed by atoms with Crippen molar-refractivity contribution in [2.24, 2.45) is 23.7 Å². The van der Waals surface area contributed by atoms with Crippen molar-refractivity contribution in [3.05, 3.63) is 0 Å². The van der Waals surface area contributed by atoms with Gasteiger partial charge in [-0.3, -0.25) is 37.3 Å². The number of carbonyl (C=O) groups is 4. The predicted octanol–water partition coefficient (Wildman–Crippen LogP) is 20.1. The molecule has 19 heteroatoms. The summed E-state index contributed by atoms with van der Waals surface area (Å²) < 4.78 is 68.3. The Kier molecular flexibility index (Phi) is 59.4. The number of phosphoric ester groups is 2. The summed E-state index contributed by atoms with van der Waals surface area (Å²) in [5.41, 5.74) is 0. The Hall–Kier alpha value is -1.94. The van der Waals surface area contributed by atoms with Crippen LogP contribution in [0.15, 0.2) is 0 Å². The number of hydrogen-bond acceptors (Lipinski definition) is 15. The highest BCUT2D eigenvalue weighted by Crippen LogP contribution is 2.45. The van der Waals surface area contributed by atoms with Crippen molar-refractivity contribution in [2.45, 2.75) is 369 Å². The van der Waals surface area contributed by atoms with Crippen LogP contribution in [-0.2, 0) is 65.4 Å². The quantitative estimate of drug-likeness (QED) is 0.0222. The molecule has 0 bridgehead atoms. The number of phosphoric acid groups is 2. The van der Waals surface area contributed by atoms with E-state index in [0.29, 0.717) is 25.7 Å². The van der Waals surface area contributed by atoms with Crippen LogP contribution in [0.1, 0.15) is 351 Å². The van der Waals surface area contributed by atoms with Gasteiger partial charge in [0, 0.05) is 25.7 Å². The molecule has 0 radical (unpaired) electrons. The third-order valence-corrected chi connectivity index (χ3v) is 18.6. The normalized spacial score (nSPS) is 14.6. The molecule has 3 N–H and O–H groups in total. The lowest BCUT2D eigenvalue weighted by Gasteiger charge is -2.21. The van der Waals surface area contributed by atoms with Crippen molar-refractivity contribution >= 4 is 39.5 Å². The van der Waals surface area contributed by atoms with Gasteiger partial charge in [0.25, 0.3) is 0 Å². The molecule has 0 rings (SSSR count). The molecule has 0 aromatic rings. The molecular formula is C71H138O17P2. The maximum atomic E-state index is 13.0. The van der Waals surface area contributed by atoms with E-state index in [1.807, 2.05) is 0 Å². The number of carbonyl (C=O) groups excluding carboxylic acids is 4. The first kappa shape index (κ1) is 88.1. The second-order valence-corrected chi connectivity index (χ2v) is 30.2. The smallest absolute Gasteiger partial charge is 0.462 e. The van der Waals surface area contributed by atoms with Gasteiger partial charge in [-0.2, -0.15) is 0 Å². The number of aliphatic hydroxyl groups excluding tert-OH is 1. The van der Waals surface area contributed by atoms with E-state index < -0.39 is 97.5 Å². The zero-order chi connectivity index (χ0) is 66.8. The maximum Gasteiger partial charge on any atom is 0.472 e. The maximum absolute atomic E-state index is 13.0. The largest absolute Gasteiger partial charge is 0.472 e. The predicted molar refractivity (Wildman–Crippen MR) is 363 cm³/mol. The molecule has 0 saturated heterocycles. The fourth-order valence-electron chi connectivity index (χ4n) is 10.6. The Bertz CT molecular complexity index is 1780. The molecular weight excluding hydrogens is 1190 g/mol. The minimum absolute atomic E-state index is 0.104. The molecule has 17 nitrogen and oxygen atoms in total. The van der Waals surface area contributed by atoms with Crippen LogP contribution in [0.4, 0.5) is 0 Å². The third-order valence-electron chi connectivity index (χ3n) is 16.7. The van der Waals surface area contributed by atoms with Crippen LogP contribution in [-0.4, -0.2) is 96.7 Å². The molecule has 0 aliphatic rings. The molecule has 0 spiro atoms. The van der Waals surface area contributed by atoms with E-state index in [1.54, 1.807) is 0 Å².